The number of fused-ring (bicyclic) bond motifs is 1. The Hall–Kier alpha value is -3.51. The zero-order valence-corrected chi connectivity index (χ0v) is 17.5. The summed E-state index contributed by atoms with van der Waals surface area (Å²) in [6.07, 6.45) is 3.00. The Morgan fingerprint density at radius 3 is 2.37 bits per heavy atom. The number of aryl methyl sites for hydroxylation is 1. The van der Waals surface area contributed by atoms with Crippen molar-refractivity contribution in [3.63, 3.8) is 0 Å². The summed E-state index contributed by atoms with van der Waals surface area (Å²) < 4.78 is 29.6. The zero-order valence-electron chi connectivity index (χ0n) is 15.9. The summed E-state index contributed by atoms with van der Waals surface area (Å²) in [6, 6.07) is 7.65. The Morgan fingerprint density at radius 1 is 0.967 bits per heavy atom. The predicted molar refractivity (Wildman–Crippen MR) is 115 cm³/mol. The summed E-state index contributed by atoms with van der Waals surface area (Å²) in [7, 11) is -0.825. The molecule has 4 aromatic rings. The molecule has 2 N–H and O–H groups in total. The van der Waals surface area contributed by atoms with Crippen LogP contribution in [-0.4, -0.2) is 27.5 Å². The minimum atomic E-state index is -3.76. The lowest BCUT2D eigenvalue weighted by Gasteiger charge is -2.12. The zero-order chi connectivity index (χ0) is 21.5. The third kappa shape index (κ3) is 3.46. The average molecular weight is 444 g/mol. The predicted octanol–water partition coefficient (Wildman–Crippen LogP) is 1.63. The molecular weight excluding hydrogens is 428 g/mol. The van der Waals surface area contributed by atoms with Gasteiger partial charge in [-0.1, -0.05) is 0 Å². The highest BCUT2D eigenvalue weighted by molar-refractivity contribution is 7.93. The summed E-state index contributed by atoms with van der Waals surface area (Å²) in [5.41, 5.74) is 0.314. The highest BCUT2D eigenvalue weighted by atomic mass is 32.2. The average Bonchev–Trinajstić information content (AvgIpc) is 3.23. The first kappa shape index (κ1) is 19.8. The SMILES string of the molecule is Cn1c(=O)c2c(Nc3ccc(S(=O)(=O)Nc4nccs4)cc3)ccnc2n(C)c1=O. The molecule has 12 heteroatoms. The van der Waals surface area contributed by atoms with Crippen molar-refractivity contribution < 1.29 is 8.42 Å². The summed E-state index contributed by atoms with van der Waals surface area (Å²) in [6.45, 7) is 0. The molecule has 3 heterocycles. The van der Waals surface area contributed by atoms with Gasteiger partial charge in [-0.25, -0.2) is 23.2 Å². The molecular formula is C18H16N6O4S2. The quantitative estimate of drug-likeness (QED) is 0.479. The number of anilines is 3. The van der Waals surface area contributed by atoms with E-state index in [9.17, 15) is 18.0 Å². The molecule has 0 fully saturated rings. The first-order valence-electron chi connectivity index (χ1n) is 8.62. The lowest BCUT2D eigenvalue weighted by Crippen LogP contribution is -2.37. The number of nitrogens with zero attached hydrogens (tertiary/aromatic N) is 4. The largest absolute Gasteiger partial charge is 0.355 e. The van der Waals surface area contributed by atoms with Crippen LogP contribution in [0.5, 0.6) is 0 Å². The van der Waals surface area contributed by atoms with Crippen molar-refractivity contribution in [2.45, 2.75) is 4.90 Å². The van der Waals surface area contributed by atoms with E-state index in [0.717, 1.165) is 4.57 Å². The molecule has 0 aliphatic rings. The second-order valence-corrected chi connectivity index (χ2v) is 8.93. The van der Waals surface area contributed by atoms with Gasteiger partial charge in [-0.15, -0.1) is 11.3 Å². The molecule has 3 aromatic heterocycles. The van der Waals surface area contributed by atoms with E-state index in [4.69, 9.17) is 0 Å². The van der Waals surface area contributed by atoms with Crippen LogP contribution >= 0.6 is 11.3 Å². The molecule has 0 spiro atoms. The summed E-state index contributed by atoms with van der Waals surface area (Å²) in [4.78, 5) is 32.9. The maximum absolute atomic E-state index is 12.6. The van der Waals surface area contributed by atoms with Crippen molar-refractivity contribution in [3.8, 4) is 0 Å². The van der Waals surface area contributed by atoms with Gasteiger partial charge in [0, 0.05) is 37.6 Å². The molecule has 0 amide bonds. The first-order valence-corrected chi connectivity index (χ1v) is 11.0. The fourth-order valence-electron chi connectivity index (χ4n) is 2.91. The summed E-state index contributed by atoms with van der Waals surface area (Å²) in [5, 5.41) is 5.30. The van der Waals surface area contributed by atoms with Gasteiger partial charge in [0.05, 0.1) is 10.6 Å². The number of thiazole rings is 1. The van der Waals surface area contributed by atoms with Crippen molar-refractivity contribution in [3.05, 3.63) is 68.9 Å². The van der Waals surface area contributed by atoms with Gasteiger partial charge in [0.1, 0.15) is 5.39 Å². The molecule has 0 unspecified atom stereocenters. The number of hydrogen-bond acceptors (Lipinski definition) is 8. The molecule has 30 heavy (non-hydrogen) atoms. The van der Waals surface area contributed by atoms with Crippen LogP contribution in [0.1, 0.15) is 0 Å². The van der Waals surface area contributed by atoms with Crippen molar-refractivity contribution in [2.75, 3.05) is 10.0 Å². The molecule has 10 nitrogen and oxygen atoms in total. The van der Waals surface area contributed by atoms with Crippen LogP contribution in [0.25, 0.3) is 11.0 Å². The van der Waals surface area contributed by atoms with E-state index < -0.39 is 21.3 Å². The van der Waals surface area contributed by atoms with E-state index in [1.54, 1.807) is 23.6 Å². The second kappa shape index (κ2) is 7.39. The van der Waals surface area contributed by atoms with Gasteiger partial charge >= 0.3 is 5.69 Å². The monoisotopic (exact) mass is 444 g/mol. The van der Waals surface area contributed by atoms with Crippen molar-refractivity contribution in [2.24, 2.45) is 14.1 Å². The van der Waals surface area contributed by atoms with Crippen LogP contribution in [0.4, 0.5) is 16.5 Å². The van der Waals surface area contributed by atoms with E-state index in [1.165, 1.54) is 54.5 Å². The maximum atomic E-state index is 12.6. The lowest BCUT2D eigenvalue weighted by molar-refractivity contribution is 0.601. The molecule has 0 aliphatic heterocycles. The number of benzene rings is 1. The number of rotatable bonds is 5. The van der Waals surface area contributed by atoms with Crippen LogP contribution < -0.4 is 21.3 Å². The molecule has 4 rings (SSSR count). The molecule has 1 aromatic carbocycles. The summed E-state index contributed by atoms with van der Waals surface area (Å²) in [5.74, 6) is 0. The Morgan fingerprint density at radius 2 is 1.70 bits per heavy atom. The van der Waals surface area contributed by atoms with Crippen LogP contribution in [0.15, 0.2) is 62.6 Å². The number of aromatic nitrogens is 4. The molecule has 0 saturated heterocycles. The van der Waals surface area contributed by atoms with Gasteiger partial charge in [0.15, 0.2) is 10.8 Å². The Bertz CT molecular complexity index is 1460. The highest BCUT2D eigenvalue weighted by Gasteiger charge is 2.16. The third-order valence-electron chi connectivity index (χ3n) is 4.44. The first-order chi connectivity index (χ1) is 14.3. The Labute approximate surface area is 174 Å². The van der Waals surface area contributed by atoms with Gasteiger partial charge in [-0.2, -0.15) is 0 Å². The molecule has 154 valence electrons. The molecule has 0 radical (unpaired) electrons. The van der Waals surface area contributed by atoms with E-state index in [-0.39, 0.29) is 21.1 Å². The van der Waals surface area contributed by atoms with Crippen molar-refractivity contribution in [1.29, 1.82) is 0 Å². The topological polar surface area (TPSA) is 128 Å². The van der Waals surface area contributed by atoms with Gasteiger partial charge in [-0.05, 0) is 30.3 Å². The maximum Gasteiger partial charge on any atom is 0.332 e. The lowest BCUT2D eigenvalue weighted by atomic mass is 10.2. The number of hydrogen-bond donors (Lipinski definition) is 2. The van der Waals surface area contributed by atoms with Crippen molar-refractivity contribution in [1.82, 2.24) is 19.1 Å². The van der Waals surface area contributed by atoms with Gasteiger partial charge in [-0.3, -0.25) is 18.7 Å². The van der Waals surface area contributed by atoms with Gasteiger partial charge in [0.25, 0.3) is 15.6 Å². The van der Waals surface area contributed by atoms with Crippen LogP contribution in [0, 0.1) is 0 Å². The Balaban J connectivity index is 1.68. The van der Waals surface area contributed by atoms with E-state index >= 15 is 0 Å². The van der Waals surface area contributed by atoms with E-state index in [2.05, 4.69) is 20.0 Å². The minimum Gasteiger partial charge on any atom is -0.355 e. The standard InChI is InChI=1S/C18H16N6O4S2/c1-23-15-14(16(25)24(2)18(23)26)13(7-8-19-15)21-11-3-5-12(6-4-11)30(27,28)22-17-20-9-10-29-17/h3-10H,1-2H3,(H,19,21)(H,20,22). The van der Waals surface area contributed by atoms with Gasteiger partial charge < -0.3 is 5.32 Å². The van der Waals surface area contributed by atoms with Crippen LogP contribution in [0.2, 0.25) is 0 Å². The molecule has 0 saturated carbocycles. The normalized spacial score (nSPS) is 11.5. The van der Waals surface area contributed by atoms with Crippen molar-refractivity contribution >= 4 is 48.9 Å². The molecule has 0 atom stereocenters. The smallest absolute Gasteiger partial charge is 0.332 e. The Kier molecular flexibility index (Phi) is 4.87. The molecule has 0 aliphatic carbocycles. The van der Waals surface area contributed by atoms with Crippen LogP contribution in [0.3, 0.4) is 0 Å². The van der Waals surface area contributed by atoms with Crippen LogP contribution in [-0.2, 0) is 24.1 Å². The van der Waals surface area contributed by atoms with Gasteiger partial charge in [0.2, 0.25) is 0 Å². The fourth-order valence-corrected chi connectivity index (χ4v) is 4.70. The fraction of sp³-hybridized carbons (Fsp3) is 0.111. The van der Waals surface area contributed by atoms with E-state index in [1.807, 2.05) is 0 Å². The summed E-state index contributed by atoms with van der Waals surface area (Å²) >= 11 is 1.18. The second-order valence-electron chi connectivity index (χ2n) is 6.36. The third-order valence-corrected chi connectivity index (χ3v) is 6.61. The minimum absolute atomic E-state index is 0.0705. The number of sulfonamides is 1. The van der Waals surface area contributed by atoms with E-state index in [0.29, 0.717) is 11.4 Å². The number of nitrogens with one attached hydrogen (secondary N) is 2. The number of pyridine rings is 1. The highest BCUT2D eigenvalue weighted by Crippen LogP contribution is 2.24. The molecule has 0 bridgehead atoms.